The first-order chi connectivity index (χ1) is 17.6. The van der Waals surface area contributed by atoms with Crippen molar-refractivity contribution < 1.29 is 9.13 Å². The molecule has 8 nitrogen and oxygen atoms in total. The molecular formula is C27H38FN7O. The highest BCUT2D eigenvalue weighted by atomic mass is 19.1. The number of morpholine rings is 1. The number of hydrogen-bond acceptors (Lipinski definition) is 7. The molecule has 194 valence electrons. The van der Waals surface area contributed by atoms with E-state index in [9.17, 15) is 0 Å². The first-order valence-electron chi connectivity index (χ1n) is 13.4. The summed E-state index contributed by atoms with van der Waals surface area (Å²) in [4.78, 5) is 11.6. The highest BCUT2D eigenvalue weighted by Gasteiger charge is 2.23. The van der Waals surface area contributed by atoms with Crippen LogP contribution in [0.15, 0.2) is 24.4 Å². The van der Waals surface area contributed by atoms with Gasteiger partial charge in [-0.25, -0.2) is 14.1 Å². The molecule has 1 aromatic carbocycles. The highest BCUT2D eigenvalue weighted by molar-refractivity contribution is 5.91. The van der Waals surface area contributed by atoms with Gasteiger partial charge in [-0.2, -0.15) is 10.1 Å². The van der Waals surface area contributed by atoms with Crippen molar-refractivity contribution in [3.8, 4) is 11.3 Å². The lowest BCUT2D eigenvalue weighted by atomic mass is 9.86. The lowest BCUT2D eigenvalue weighted by Gasteiger charge is -2.26. The molecule has 36 heavy (non-hydrogen) atoms. The molecule has 1 saturated heterocycles. The number of unbranched alkanes of at least 4 members (excludes halogenated alkanes) is 1. The van der Waals surface area contributed by atoms with Crippen molar-refractivity contribution in [2.24, 2.45) is 11.7 Å². The van der Waals surface area contributed by atoms with E-state index < -0.39 is 0 Å². The van der Waals surface area contributed by atoms with Crippen LogP contribution in [0.5, 0.6) is 0 Å². The number of rotatable bonds is 9. The Labute approximate surface area is 212 Å². The molecule has 3 aromatic rings. The Bertz CT molecular complexity index is 1150. The zero-order valence-corrected chi connectivity index (χ0v) is 21.3. The molecule has 0 amide bonds. The molecule has 0 atom stereocenters. The SMILES string of the molecule is CCCCNc1ncc2c(-c3ccc(CN4CCOCC4)c(F)c3)nn(CC3CCC(N)CC3)c2n1. The average molecular weight is 496 g/mol. The highest BCUT2D eigenvalue weighted by Crippen LogP contribution is 2.31. The maximum absolute atomic E-state index is 15.2. The van der Waals surface area contributed by atoms with Crippen molar-refractivity contribution in [1.29, 1.82) is 0 Å². The summed E-state index contributed by atoms with van der Waals surface area (Å²) in [6, 6.07) is 5.77. The fraction of sp³-hybridized carbons (Fsp3) is 0.593. The minimum atomic E-state index is -0.207. The van der Waals surface area contributed by atoms with Gasteiger partial charge in [0.05, 0.1) is 18.6 Å². The van der Waals surface area contributed by atoms with E-state index in [1.807, 2.05) is 23.0 Å². The van der Waals surface area contributed by atoms with Crippen LogP contribution in [0.4, 0.5) is 10.3 Å². The Balaban J connectivity index is 1.43. The van der Waals surface area contributed by atoms with Crippen LogP contribution in [-0.2, 0) is 17.8 Å². The van der Waals surface area contributed by atoms with Crippen LogP contribution in [0, 0.1) is 11.7 Å². The summed E-state index contributed by atoms with van der Waals surface area (Å²) in [5, 5.41) is 9.13. The molecule has 3 N–H and O–H groups in total. The first-order valence-corrected chi connectivity index (χ1v) is 13.4. The maximum atomic E-state index is 15.2. The van der Waals surface area contributed by atoms with Gasteiger partial charge in [0.15, 0.2) is 5.65 Å². The second-order valence-electron chi connectivity index (χ2n) is 10.2. The zero-order valence-electron chi connectivity index (χ0n) is 21.3. The Hall–Kier alpha value is -2.62. The fourth-order valence-corrected chi connectivity index (χ4v) is 5.20. The first kappa shape index (κ1) is 25.0. The van der Waals surface area contributed by atoms with Crippen LogP contribution in [0.2, 0.25) is 0 Å². The molecule has 1 aliphatic heterocycles. The van der Waals surface area contributed by atoms with E-state index in [1.165, 1.54) is 0 Å². The third-order valence-electron chi connectivity index (χ3n) is 7.45. The Morgan fingerprint density at radius 1 is 1.17 bits per heavy atom. The molecule has 0 radical (unpaired) electrons. The average Bonchev–Trinajstić information content (AvgIpc) is 3.25. The largest absolute Gasteiger partial charge is 0.379 e. The molecule has 2 aliphatic rings. The Morgan fingerprint density at radius 2 is 1.97 bits per heavy atom. The topological polar surface area (TPSA) is 94.1 Å². The van der Waals surface area contributed by atoms with E-state index in [4.69, 9.17) is 20.6 Å². The number of aromatic nitrogens is 4. The van der Waals surface area contributed by atoms with Crippen LogP contribution in [0.25, 0.3) is 22.3 Å². The van der Waals surface area contributed by atoms with Gasteiger partial charge in [0.25, 0.3) is 0 Å². The van der Waals surface area contributed by atoms with Gasteiger partial charge in [0.1, 0.15) is 11.5 Å². The molecule has 0 spiro atoms. The summed E-state index contributed by atoms with van der Waals surface area (Å²) < 4.78 is 22.6. The van der Waals surface area contributed by atoms with Crippen molar-refractivity contribution in [3.05, 3.63) is 35.8 Å². The van der Waals surface area contributed by atoms with Crippen LogP contribution in [-0.4, -0.2) is 63.5 Å². The summed E-state index contributed by atoms with van der Waals surface area (Å²) in [5.41, 5.74) is 9.11. The summed E-state index contributed by atoms with van der Waals surface area (Å²) in [5.74, 6) is 0.919. The van der Waals surface area contributed by atoms with Gasteiger partial charge in [0, 0.05) is 56.1 Å². The van der Waals surface area contributed by atoms with Crippen molar-refractivity contribution in [1.82, 2.24) is 24.6 Å². The number of nitrogens with zero attached hydrogens (tertiary/aromatic N) is 5. The third-order valence-corrected chi connectivity index (χ3v) is 7.45. The van der Waals surface area contributed by atoms with Crippen molar-refractivity contribution >= 4 is 17.0 Å². The van der Waals surface area contributed by atoms with Gasteiger partial charge < -0.3 is 15.8 Å². The number of benzene rings is 1. The van der Waals surface area contributed by atoms with E-state index in [2.05, 4.69) is 22.1 Å². The molecule has 2 aromatic heterocycles. The summed E-state index contributed by atoms with van der Waals surface area (Å²) in [7, 11) is 0. The number of hydrogen-bond donors (Lipinski definition) is 2. The van der Waals surface area contributed by atoms with E-state index in [1.54, 1.807) is 6.07 Å². The van der Waals surface area contributed by atoms with E-state index >= 15 is 4.39 Å². The van der Waals surface area contributed by atoms with Gasteiger partial charge in [0.2, 0.25) is 5.95 Å². The van der Waals surface area contributed by atoms with Gasteiger partial charge in [-0.3, -0.25) is 4.90 Å². The smallest absolute Gasteiger partial charge is 0.224 e. The Kier molecular flexibility index (Phi) is 8.09. The molecule has 3 heterocycles. The van der Waals surface area contributed by atoms with Crippen LogP contribution >= 0.6 is 0 Å². The van der Waals surface area contributed by atoms with Gasteiger partial charge in [-0.05, 0) is 44.1 Å². The number of nitrogens with one attached hydrogen (secondary N) is 1. The molecule has 1 saturated carbocycles. The van der Waals surface area contributed by atoms with Crippen LogP contribution in [0.3, 0.4) is 0 Å². The quantitative estimate of drug-likeness (QED) is 0.430. The molecule has 5 rings (SSSR count). The monoisotopic (exact) mass is 495 g/mol. The van der Waals surface area contributed by atoms with Crippen molar-refractivity contribution in [2.75, 3.05) is 38.2 Å². The van der Waals surface area contributed by atoms with Gasteiger partial charge in [-0.1, -0.05) is 25.5 Å². The van der Waals surface area contributed by atoms with Crippen molar-refractivity contribution in [3.63, 3.8) is 0 Å². The number of fused-ring (bicyclic) bond motifs is 1. The fourth-order valence-electron chi connectivity index (χ4n) is 5.20. The lowest BCUT2D eigenvalue weighted by molar-refractivity contribution is 0.0337. The molecule has 0 unspecified atom stereocenters. The minimum Gasteiger partial charge on any atom is -0.379 e. The second-order valence-corrected chi connectivity index (χ2v) is 10.2. The molecule has 2 fully saturated rings. The molecular weight excluding hydrogens is 457 g/mol. The predicted octanol–water partition coefficient (Wildman–Crippen LogP) is 4.19. The van der Waals surface area contributed by atoms with Crippen LogP contribution < -0.4 is 11.1 Å². The van der Waals surface area contributed by atoms with Gasteiger partial charge in [-0.15, -0.1) is 0 Å². The number of anilines is 1. The maximum Gasteiger partial charge on any atom is 0.224 e. The number of halogens is 1. The predicted molar refractivity (Wildman–Crippen MR) is 140 cm³/mol. The van der Waals surface area contributed by atoms with Crippen LogP contribution in [0.1, 0.15) is 51.0 Å². The van der Waals surface area contributed by atoms with E-state index in [-0.39, 0.29) is 5.82 Å². The lowest BCUT2D eigenvalue weighted by Crippen LogP contribution is -2.35. The molecule has 9 heteroatoms. The summed E-state index contributed by atoms with van der Waals surface area (Å²) in [6.07, 6.45) is 8.27. The summed E-state index contributed by atoms with van der Waals surface area (Å²) in [6.45, 7) is 7.42. The normalized spacial score (nSPS) is 21.2. The number of ether oxygens (including phenoxy) is 1. The Morgan fingerprint density at radius 3 is 2.72 bits per heavy atom. The molecule has 1 aliphatic carbocycles. The van der Waals surface area contributed by atoms with Gasteiger partial charge >= 0.3 is 0 Å². The van der Waals surface area contributed by atoms with E-state index in [0.717, 1.165) is 87.0 Å². The number of nitrogens with two attached hydrogens (primary N) is 1. The van der Waals surface area contributed by atoms with Crippen molar-refractivity contribution in [2.45, 2.75) is 64.6 Å². The minimum absolute atomic E-state index is 0.207. The van der Waals surface area contributed by atoms with E-state index in [0.29, 0.717) is 43.2 Å². The molecule has 0 bridgehead atoms. The third kappa shape index (κ3) is 5.85. The summed E-state index contributed by atoms with van der Waals surface area (Å²) >= 11 is 0. The second kappa shape index (κ2) is 11.6. The zero-order chi connectivity index (χ0) is 24.9. The standard InChI is InChI=1S/C27H38FN7O/c1-2-3-10-30-27-31-16-23-25(33-35(26(23)32-27)17-19-4-8-22(29)9-5-19)20-6-7-21(24(28)15-20)18-34-11-13-36-14-12-34/h6-7,15-16,19,22H,2-5,8-14,17-18,29H2,1H3,(H,30,31,32).